The molecule has 1 heterocycles. The molecule has 1 atom stereocenters. The predicted molar refractivity (Wildman–Crippen MR) is 55.2 cm³/mol. The third kappa shape index (κ3) is 3.61. The topological polar surface area (TPSA) is 35.5 Å². The van der Waals surface area contributed by atoms with Crippen LogP contribution in [0, 0.1) is 0 Å². The number of nitrogens with zero attached hydrogens (tertiary/aromatic N) is 1. The lowest BCUT2D eigenvalue weighted by molar-refractivity contribution is -0.129. The molecule has 2 N–H and O–H groups in total. The standard InChI is InChI=1S/C10H19F3N2O/c1-8(2)15-4-3-9(6-15,7-16)14-5-10(11,12)13/h8,14,16H,3-7H2,1-2H3. The highest BCUT2D eigenvalue weighted by Gasteiger charge is 2.40. The second-order valence-corrected chi connectivity index (χ2v) is 4.72. The molecule has 6 heteroatoms. The Morgan fingerprint density at radius 1 is 1.44 bits per heavy atom. The molecule has 0 aromatic rings. The van der Waals surface area contributed by atoms with Crippen LogP contribution in [0.2, 0.25) is 0 Å². The van der Waals surface area contributed by atoms with Crippen LogP contribution in [-0.4, -0.2) is 54.0 Å². The van der Waals surface area contributed by atoms with Crippen LogP contribution in [-0.2, 0) is 0 Å². The largest absolute Gasteiger partial charge is 0.401 e. The third-order valence-corrected chi connectivity index (χ3v) is 3.08. The Morgan fingerprint density at radius 3 is 2.44 bits per heavy atom. The van der Waals surface area contributed by atoms with Gasteiger partial charge < -0.3 is 5.11 Å². The fourth-order valence-electron chi connectivity index (χ4n) is 1.96. The van der Waals surface area contributed by atoms with E-state index in [2.05, 4.69) is 10.2 Å². The van der Waals surface area contributed by atoms with Crippen molar-refractivity contribution in [2.45, 2.75) is 38.0 Å². The fraction of sp³-hybridized carbons (Fsp3) is 1.00. The molecular formula is C10H19F3N2O. The predicted octanol–water partition coefficient (Wildman–Crippen LogP) is 0.983. The molecule has 1 saturated heterocycles. The zero-order chi connectivity index (χ0) is 12.4. The van der Waals surface area contributed by atoms with Crippen LogP contribution in [0.1, 0.15) is 20.3 Å². The highest BCUT2D eigenvalue weighted by atomic mass is 19.4. The summed E-state index contributed by atoms with van der Waals surface area (Å²) in [4.78, 5) is 2.07. The minimum absolute atomic E-state index is 0.258. The zero-order valence-electron chi connectivity index (χ0n) is 9.64. The first-order valence-electron chi connectivity index (χ1n) is 5.45. The van der Waals surface area contributed by atoms with Crippen LogP contribution in [0.5, 0.6) is 0 Å². The van der Waals surface area contributed by atoms with Gasteiger partial charge in [-0.25, -0.2) is 0 Å². The Hall–Kier alpha value is -0.330. The molecular weight excluding hydrogens is 221 g/mol. The van der Waals surface area contributed by atoms with E-state index in [1.165, 1.54) is 0 Å². The van der Waals surface area contributed by atoms with Crippen molar-refractivity contribution < 1.29 is 18.3 Å². The summed E-state index contributed by atoms with van der Waals surface area (Å²) in [6.45, 7) is 3.89. The van der Waals surface area contributed by atoms with Gasteiger partial charge in [-0.2, -0.15) is 13.2 Å². The second-order valence-electron chi connectivity index (χ2n) is 4.72. The molecule has 1 fully saturated rings. The minimum Gasteiger partial charge on any atom is -0.394 e. The molecule has 0 spiro atoms. The van der Waals surface area contributed by atoms with Crippen LogP contribution >= 0.6 is 0 Å². The van der Waals surface area contributed by atoms with Gasteiger partial charge in [0.2, 0.25) is 0 Å². The van der Waals surface area contributed by atoms with Gasteiger partial charge in [-0.05, 0) is 20.3 Å². The zero-order valence-corrected chi connectivity index (χ0v) is 9.64. The Kier molecular flexibility index (Phi) is 4.20. The van der Waals surface area contributed by atoms with E-state index in [9.17, 15) is 18.3 Å². The lowest BCUT2D eigenvalue weighted by Gasteiger charge is -2.30. The normalized spacial score (nSPS) is 27.9. The van der Waals surface area contributed by atoms with Crippen LogP contribution in [0.25, 0.3) is 0 Å². The van der Waals surface area contributed by atoms with Gasteiger partial charge in [-0.1, -0.05) is 0 Å². The fourth-order valence-corrected chi connectivity index (χ4v) is 1.96. The number of rotatable bonds is 4. The maximum Gasteiger partial charge on any atom is 0.401 e. The minimum atomic E-state index is -4.23. The van der Waals surface area contributed by atoms with E-state index >= 15 is 0 Å². The molecule has 1 aliphatic rings. The summed E-state index contributed by atoms with van der Waals surface area (Å²) < 4.78 is 36.3. The second kappa shape index (κ2) is 4.89. The van der Waals surface area contributed by atoms with Gasteiger partial charge in [0.05, 0.1) is 18.7 Å². The Balaban J connectivity index is 2.53. The maximum atomic E-state index is 12.1. The van der Waals surface area contributed by atoms with Crippen LogP contribution in [0.15, 0.2) is 0 Å². The van der Waals surface area contributed by atoms with Gasteiger partial charge in [-0.3, -0.25) is 10.2 Å². The number of aliphatic hydroxyl groups is 1. The molecule has 0 radical (unpaired) electrons. The van der Waals surface area contributed by atoms with E-state index in [0.29, 0.717) is 19.0 Å². The smallest absolute Gasteiger partial charge is 0.394 e. The van der Waals surface area contributed by atoms with Gasteiger partial charge in [0.1, 0.15) is 0 Å². The Bertz CT molecular complexity index is 233. The van der Waals surface area contributed by atoms with Crippen molar-refractivity contribution in [1.29, 1.82) is 0 Å². The summed E-state index contributed by atoms with van der Waals surface area (Å²) in [5, 5.41) is 11.7. The van der Waals surface area contributed by atoms with Crippen molar-refractivity contribution in [1.82, 2.24) is 10.2 Å². The number of hydrogen-bond acceptors (Lipinski definition) is 3. The lowest BCUT2D eigenvalue weighted by atomic mass is 10.00. The van der Waals surface area contributed by atoms with Crippen LogP contribution in [0.4, 0.5) is 13.2 Å². The molecule has 1 aliphatic heterocycles. The van der Waals surface area contributed by atoms with E-state index < -0.39 is 18.3 Å². The van der Waals surface area contributed by atoms with Crippen molar-refractivity contribution in [3.63, 3.8) is 0 Å². The van der Waals surface area contributed by atoms with E-state index in [0.717, 1.165) is 6.54 Å². The van der Waals surface area contributed by atoms with E-state index in [1.54, 1.807) is 0 Å². The van der Waals surface area contributed by atoms with Crippen molar-refractivity contribution in [2.24, 2.45) is 0 Å². The van der Waals surface area contributed by atoms with Crippen LogP contribution in [0.3, 0.4) is 0 Å². The molecule has 0 bridgehead atoms. The quantitative estimate of drug-likeness (QED) is 0.769. The summed E-state index contributed by atoms with van der Waals surface area (Å²) in [5.41, 5.74) is -0.792. The first-order valence-corrected chi connectivity index (χ1v) is 5.45. The van der Waals surface area contributed by atoms with Crippen molar-refractivity contribution >= 4 is 0 Å². The summed E-state index contributed by atoms with van der Waals surface area (Å²) in [6, 6.07) is 0.293. The summed E-state index contributed by atoms with van der Waals surface area (Å²) >= 11 is 0. The van der Waals surface area contributed by atoms with Gasteiger partial charge in [0.25, 0.3) is 0 Å². The molecule has 0 aliphatic carbocycles. The van der Waals surface area contributed by atoms with E-state index in [4.69, 9.17) is 0 Å². The number of halogens is 3. The number of nitrogens with one attached hydrogen (secondary N) is 1. The van der Waals surface area contributed by atoms with E-state index in [-0.39, 0.29) is 6.61 Å². The molecule has 96 valence electrons. The highest BCUT2D eigenvalue weighted by Crippen LogP contribution is 2.24. The average Bonchev–Trinajstić information content (AvgIpc) is 2.59. The number of alkyl halides is 3. The van der Waals surface area contributed by atoms with Crippen molar-refractivity contribution in [2.75, 3.05) is 26.2 Å². The summed E-state index contributed by atoms with van der Waals surface area (Å²) in [5.74, 6) is 0. The molecule has 1 unspecified atom stereocenters. The van der Waals surface area contributed by atoms with E-state index in [1.807, 2.05) is 13.8 Å². The third-order valence-electron chi connectivity index (χ3n) is 3.08. The average molecular weight is 240 g/mol. The molecule has 0 aromatic heterocycles. The van der Waals surface area contributed by atoms with Crippen molar-refractivity contribution in [3.05, 3.63) is 0 Å². The van der Waals surface area contributed by atoms with Gasteiger partial charge in [-0.15, -0.1) is 0 Å². The monoisotopic (exact) mass is 240 g/mol. The molecule has 1 rings (SSSR count). The van der Waals surface area contributed by atoms with Crippen molar-refractivity contribution in [3.8, 4) is 0 Å². The number of likely N-dealkylation sites (tertiary alicyclic amines) is 1. The lowest BCUT2D eigenvalue weighted by Crippen LogP contribution is -2.53. The highest BCUT2D eigenvalue weighted by molar-refractivity contribution is 4.98. The Morgan fingerprint density at radius 2 is 2.06 bits per heavy atom. The molecule has 16 heavy (non-hydrogen) atoms. The van der Waals surface area contributed by atoms with Gasteiger partial charge >= 0.3 is 6.18 Å². The summed E-state index contributed by atoms with van der Waals surface area (Å²) in [7, 11) is 0. The van der Waals surface area contributed by atoms with Gasteiger partial charge in [0, 0.05) is 19.1 Å². The van der Waals surface area contributed by atoms with Gasteiger partial charge in [0.15, 0.2) is 0 Å². The molecule has 0 amide bonds. The molecule has 0 aromatic carbocycles. The summed E-state index contributed by atoms with van der Waals surface area (Å²) in [6.07, 6.45) is -3.68. The molecule has 0 saturated carbocycles. The first-order chi connectivity index (χ1) is 7.28. The molecule has 3 nitrogen and oxygen atoms in total. The number of hydrogen-bond donors (Lipinski definition) is 2. The number of aliphatic hydroxyl groups excluding tert-OH is 1. The van der Waals surface area contributed by atoms with Crippen LogP contribution < -0.4 is 5.32 Å². The maximum absolute atomic E-state index is 12.1. The SMILES string of the molecule is CC(C)N1CCC(CO)(NCC(F)(F)F)C1. The Labute approximate surface area is 93.6 Å². The first kappa shape index (κ1) is 13.7.